The molecule has 1 atom stereocenters. The Kier molecular flexibility index (Phi) is 4.27. The number of nitrogens with one attached hydrogen (secondary N) is 1. The molecule has 2 aliphatic heterocycles. The van der Waals surface area contributed by atoms with Gasteiger partial charge in [0, 0.05) is 19.6 Å². The van der Waals surface area contributed by atoms with Gasteiger partial charge in [-0.2, -0.15) is 22.1 Å². The largest absolute Gasteiger partial charge is 0.379 e. The molecular weight excluding hydrogens is 296 g/mol. The van der Waals surface area contributed by atoms with Crippen LogP contribution in [0.2, 0.25) is 0 Å². The first-order valence-electron chi connectivity index (χ1n) is 7.03. The average Bonchev–Trinajstić information content (AvgIpc) is 2.94. The van der Waals surface area contributed by atoms with Crippen molar-refractivity contribution in [3.8, 4) is 0 Å². The molecule has 0 radical (unpaired) electrons. The lowest BCUT2D eigenvalue weighted by molar-refractivity contribution is 0.0222. The van der Waals surface area contributed by atoms with Crippen LogP contribution in [0.1, 0.15) is 17.3 Å². The van der Waals surface area contributed by atoms with E-state index in [0.717, 1.165) is 11.3 Å². The fourth-order valence-electron chi connectivity index (χ4n) is 2.71. The molecule has 118 valence electrons. The molecule has 21 heavy (non-hydrogen) atoms. The zero-order valence-corrected chi connectivity index (χ0v) is 12.8. The maximum absolute atomic E-state index is 12.9. The van der Waals surface area contributed by atoms with Crippen molar-refractivity contribution in [1.82, 2.24) is 18.8 Å². The first-order chi connectivity index (χ1) is 10.1. The second kappa shape index (κ2) is 6.01. The Morgan fingerprint density at radius 3 is 2.62 bits per heavy atom. The van der Waals surface area contributed by atoms with E-state index in [0.29, 0.717) is 46.1 Å². The number of aromatic amines is 1. The van der Waals surface area contributed by atoms with Crippen LogP contribution in [0, 0.1) is 6.92 Å². The highest BCUT2D eigenvalue weighted by molar-refractivity contribution is 7.86. The second-order valence-electron chi connectivity index (χ2n) is 5.19. The van der Waals surface area contributed by atoms with Gasteiger partial charge in [0.2, 0.25) is 0 Å². The molecule has 3 rings (SSSR count). The van der Waals surface area contributed by atoms with Crippen molar-refractivity contribution in [3.63, 3.8) is 0 Å². The molecule has 1 N–H and O–H groups in total. The Hall–Kier alpha value is -1.00. The molecule has 1 aromatic heterocycles. The number of aryl methyl sites for hydroxylation is 1. The minimum absolute atomic E-state index is 0.340. The van der Waals surface area contributed by atoms with Gasteiger partial charge < -0.3 is 9.47 Å². The zero-order chi connectivity index (χ0) is 14.9. The van der Waals surface area contributed by atoms with Gasteiger partial charge in [0.1, 0.15) is 0 Å². The standard InChI is InChI=1S/C12H20N4O4S/c1-10-8-13-14-12(10)11-9-20-7-4-16(11)21(17,18)15-2-5-19-6-3-15/h8,11H,2-7,9H2,1H3,(H,13,14)/t11-/m1/s1. The fourth-order valence-corrected chi connectivity index (χ4v) is 4.41. The number of rotatable bonds is 3. The summed E-state index contributed by atoms with van der Waals surface area (Å²) in [5.74, 6) is 0. The van der Waals surface area contributed by atoms with Gasteiger partial charge in [-0.3, -0.25) is 5.10 Å². The molecule has 9 heteroatoms. The number of hydrogen-bond donors (Lipinski definition) is 1. The van der Waals surface area contributed by atoms with Crippen molar-refractivity contribution in [3.05, 3.63) is 17.5 Å². The molecule has 1 aromatic rings. The lowest BCUT2D eigenvalue weighted by Crippen LogP contribution is -2.53. The summed E-state index contributed by atoms with van der Waals surface area (Å²) in [6, 6.07) is -0.353. The monoisotopic (exact) mass is 316 g/mol. The van der Waals surface area contributed by atoms with Crippen molar-refractivity contribution in [2.45, 2.75) is 13.0 Å². The first kappa shape index (κ1) is 14.9. The summed E-state index contributed by atoms with van der Waals surface area (Å²) in [6.45, 7) is 4.69. The average molecular weight is 316 g/mol. The molecule has 2 fully saturated rings. The van der Waals surface area contributed by atoms with Gasteiger partial charge in [-0.1, -0.05) is 0 Å². The third-order valence-corrected chi connectivity index (χ3v) is 5.92. The van der Waals surface area contributed by atoms with Crippen LogP contribution in [-0.2, 0) is 19.7 Å². The van der Waals surface area contributed by atoms with Gasteiger partial charge in [0.15, 0.2) is 0 Å². The van der Waals surface area contributed by atoms with Crippen molar-refractivity contribution in [2.75, 3.05) is 46.1 Å². The van der Waals surface area contributed by atoms with Crippen molar-refractivity contribution >= 4 is 10.2 Å². The van der Waals surface area contributed by atoms with Crippen LogP contribution < -0.4 is 0 Å². The summed E-state index contributed by atoms with van der Waals surface area (Å²) >= 11 is 0. The molecule has 0 aromatic carbocycles. The normalized spacial score (nSPS) is 26.0. The van der Waals surface area contributed by atoms with Crippen LogP contribution in [-0.4, -0.2) is 73.3 Å². The van der Waals surface area contributed by atoms with E-state index in [9.17, 15) is 8.42 Å². The van der Waals surface area contributed by atoms with Crippen molar-refractivity contribution in [2.24, 2.45) is 0 Å². The van der Waals surface area contributed by atoms with E-state index in [1.54, 1.807) is 6.20 Å². The van der Waals surface area contributed by atoms with Crippen molar-refractivity contribution < 1.29 is 17.9 Å². The first-order valence-corrected chi connectivity index (χ1v) is 8.42. The van der Waals surface area contributed by atoms with E-state index in [2.05, 4.69) is 10.2 Å². The maximum Gasteiger partial charge on any atom is 0.282 e. The van der Waals surface area contributed by atoms with E-state index < -0.39 is 10.2 Å². The summed E-state index contributed by atoms with van der Waals surface area (Å²) in [6.07, 6.45) is 1.70. The third kappa shape index (κ3) is 2.84. The molecule has 0 spiro atoms. The zero-order valence-electron chi connectivity index (χ0n) is 12.0. The SMILES string of the molecule is Cc1cn[nH]c1[C@H]1COCCN1S(=O)(=O)N1CCOCC1. The highest BCUT2D eigenvalue weighted by atomic mass is 32.2. The predicted molar refractivity (Wildman–Crippen MR) is 74.9 cm³/mol. The van der Waals surface area contributed by atoms with Gasteiger partial charge in [0.05, 0.1) is 44.4 Å². The summed E-state index contributed by atoms with van der Waals surface area (Å²) in [7, 11) is -3.52. The fraction of sp³-hybridized carbons (Fsp3) is 0.750. The molecular formula is C12H20N4O4S. The third-order valence-electron chi connectivity index (χ3n) is 3.87. The molecule has 0 aliphatic carbocycles. The lowest BCUT2D eigenvalue weighted by Gasteiger charge is -2.38. The summed E-state index contributed by atoms with van der Waals surface area (Å²) in [5, 5.41) is 6.89. The summed E-state index contributed by atoms with van der Waals surface area (Å²) < 4.78 is 39.4. The number of H-pyrrole nitrogens is 1. The van der Waals surface area contributed by atoms with Crippen molar-refractivity contribution in [1.29, 1.82) is 0 Å². The van der Waals surface area contributed by atoms with E-state index in [1.165, 1.54) is 8.61 Å². The predicted octanol–water partition coefficient (Wildman–Crippen LogP) is -0.332. The Morgan fingerprint density at radius 2 is 1.95 bits per heavy atom. The van der Waals surface area contributed by atoms with Crippen LogP contribution in [0.4, 0.5) is 0 Å². The molecule has 0 saturated carbocycles. The minimum atomic E-state index is -3.52. The quantitative estimate of drug-likeness (QED) is 0.825. The van der Waals surface area contributed by atoms with Crippen LogP contribution >= 0.6 is 0 Å². The van der Waals surface area contributed by atoms with Crippen LogP contribution in [0.3, 0.4) is 0 Å². The second-order valence-corrected chi connectivity index (χ2v) is 7.07. The topological polar surface area (TPSA) is 87.8 Å². The molecule has 0 bridgehead atoms. The molecule has 0 amide bonds. The highest BCUT2D eigenvalue weighted by Gasteiger charge is 2.39. The van der Waals surface area contributed by atoms with E-state index in [-0.39, 0.29) is 6.04 Å². The van der Waals surface area contributed by atoms with Gasteiger partial charge in [-0.15, -0.1) is 0 Å². The lowest BCUT2D eigenvalue weighted by atomic mass is 10.1. The van der Waals surface area contributed by atoms with Crippen LogP contribution in [0.15, 0.2) is 6.20 Å². The van der Waals surface area contributed by atoms with Crippen LogP contribution in [0.5, 0.6) is 0 Å². The number of nitrogens with zero attached hydrogens (tertiary/aromatic N) is 3. The smallest absolute Gasteiger partial charge is 0.282 e. The van der Waals surface area contributed by atoms with Gasteiger partial charge in [0.25, 0.3) is 10.2 Å². The number of ether oxygens (including phenoxy) is 2. The van der Waals surface area contributed by atoms with E-state index in [4.69, 9.17) is 9.47 Å². The van der Waals surface area contributed by atoms with Gasteiger partial charge in [-0.05, 0) is 12.5 Å². The van der Waals surface area contributed by atoms with E-state index >= 15 is 0 Å². The van der Waals surface area contributed by atoms with Crippen LogP contribution in [0.25, 0.3) is 0 Å². The Labute approximate surface area is 124 Å². The Bertz CT molecular complexity index is 582. The molecule has 0 unspecified atom stereocenters. The molecule has 3 heterocycles. The Morgan fingerprint density at radius 1 is 1.24 bits per heavy atom. The summed E-state index contributed by atoms with van der Waals surface area (Å²) in [4.78, 5) is 0. The highest BCUT2D eigenvalue weighted by Crippen LogP contribution is 2.29. The van der Waals surface area contributed by atoms with E-state index in [1.807, 2.05) is 6.92 Å². The van der Waals surface area contributed by atoms with Gasteiger partial charge >= 0.3 is 0 Å². The number of morpholine rings is 2. The maximum atomic E-state index is 12.9. The molecule has 8 nitrogen and oxygen atoms in total. The number of hydrogen-bond acceptors (Lipinski definition) is 5. The molecule has 2 aliphatic rings. The minimum Gasteiger partial charge on any atom is -0.379 e. The number of aromatic nitrogens is 2. The Balaban J connectivity index is 1.88. The van der Waals surface area contributed by atoms with Gasteiger partial charge in [-0.25, -0.2) is 0 Å². The summed E-state index contributed by atoms with van der Waals surface area (Å²) in [5.41, 5.74) is 1.74. The molecule has 2 saturated heterocycles.